The van der Waals surface area contributed by atoms with Crippen LogP contribution in [0.1, 0.15) is 21.5 Å². The highest BCUT2D eigenvalue weighted by atomic mass is 35.5. The molecule has 0 aliphatic rings. The SMILES string of the molecule is COc1cccc(CNc2ccc(Cl)c(C(=O)O)c2)c1OCc1c(F)cccc1Cl. The van der Waals surface area contributed by atoms with Gasteiger partial charge in [-0.2, -0.15) is 0 Å². The van der Waals surface area contributed by atoms with E-state index in [-0.39, 0.29) is 27.8 Å². The summed E-state index contributed by atoms with van der Waals surface area (Å²) in [4.78, 5) is 11.3. The lowest BCUT2D eigenvalue weighted by molar-refractivity contribution is 0.0697. The summed E-state index contributed by atoms with van der Waals surface area (Å²) in [6.07, 6.45) is 0. The summed E-state index contributed by atoms with van der Waals surface area (Å²) in [6.45, 7) is 0.223. The number of halogens is 3. The fourth-order valence-corrected chi connectivity index (χ4v) is 3.25. The molecule has 0 radical (unpaired) electrons. The maximum Gasteiger partial charge on any atom is 0.337 e. The topological polar surface area (TPSA) is 67.8 Å². The third-order valence-corrected chi connectivity index (χ3v) is 5.07. The van der Waals surface area contributed by atoms with Crippen molar-refractivity contribution in [2.45, 2.75) is 13.2 Å². The molecule has 0 fully saturated rings. The number of hydrogen-bond donors (Lipinski definition) is 2. The highest BCUT2D eigenvalue weighted by Crippen LogP contribution is 2.33. The molecule has 156 valence electrons. The van der Waals surface area contributed by atoms with Gasteiger partial charge in [-0.25, -0.2) is 9.18 Å². The Morgan fingerprint density at radius 2 is 1.87 bits per heavy atom. The molecule has 0 saturated heterocycles. The largest absolute Gasteiger partial charge is 0.493 e. The Morgan fingerprint density at radius 3 is 2.57 bits per heavy atom. The molecule has 5 nitrogen and oxygen atoms in total. The molecule has 0 saturated carbocycles. The maximum absolute atomic E-state index is 14.1. The fourth-order valence-electron chi connectivity index (χ4n) is 2.84. The van der Waals surface area contributed by atoms with Gasteiger partial charge in [0.25, 0.3) is 0 Å². The Bertz CT molecular complexity index is 1050. The van der Waals surface area contributed by atoms with Crippen molar-refractivity contribution in [2.24, 2.45) is 0 Å². The zero-order valence-corrected chi connectivity index (χ0v) is 17.4. The summed E-state index contributed by atoms with van der Waals surface area (Å²) in [6, 6.07) is 14.4. The lowest BCUT2D eigenvalue weighted by Crippen LogP contribution is -2.07. The Kier molecular flexibility index (Phi) is 7.03. The van der Waals surface area contributed by atoms with Crippen LogP contribution in [0.15, 0.2) is 54.6 Å². The second-order valence-corrected chi connectivity index (χ2v) is 7.11. The molecular formula is C22H18Cl2FNO4. The number of methoxy groups -OCH3 is 1. The summed E-state index contributed by atoms with van der Waals surface area (Å²) in [7, 11) is 1.51. The summed E-state index contributed by atoms with van der Waals surface area (Å²) < 4.78 is 25.3. The number of hydrogen-bond acceptors (Lipinski definition) is 4. The van der Waals surface area contributed by atoms with Crippen molar-refractivity contribution in [3.63, 3.8) is 0 Å². The van der Waals surface area contributed by atoms with Crippen molar-refractivity contribution in [1.29, 1.82) is 0 Å². The molecule has 8 heteroatoms. The smallest absolute Gasteiger partial charge is 0.337 e. The van der Waals surface area contributed by atoms with Crippen molar-refractivity contribution >= 4 is 34.9 Å². The number of carboxylic acids is 1. The summed E-state index contributed by atoms with van der Waals surface area (Å²) in [5.74, 6) is -0.668. The molecule has 0 aliphatic heterocycles. The minimum absolute atomic E-state index is 0.00187. The van der Waals surface area contributed by atoms with E-state index in [2.05, 4.69) is 5.32 Å². The van der Waals surface area contributed by atoms with Gasteiger partial charge < -0.3 is 19.9 Å². The van der Waals surface area contributed by atoms with Gasteiger partial charge in [0, 0.05) is 23.4 Å². The van der Waals surface area contributed by atoms with Crippen LogP contribution in [0.3, 0.4) is 0 Å². The first-order chi connectivity index (χ1) is 14.4. The molecule has 0 aromatic heterocycles. The third kappa shape index (κ3) is 4.96. The highest BCUT2D eigenvalue weighted by Gasteiger charge is 2.15. The highest BCUT2D eigenvalue weighted by molar-refractivity contribution is 6.33. The molecule has 0 atom stereocenters. The zero-order chi connectivity index (χ0) is 21.7. The number of benzene rings is 3. The molecule has 0 spiro atoms. The van der Waals surface area contributed by atoms with Crippen LogP contribution in [0.4, 0.5) is 10.1 Å². The first kappa shape index (κ1) is 21.7. The van der Waals surface area contributed by atoms with E-state index < -0.39 is 11.8 Å². The Labute approximate surface area is 183 Å². The van der Waals surface area contributed by atoms with E-state index in [0.29, 0.717) is 23.7 Å². The standard InChI is InChI=1S/C22H18Cl2FNO4/c1-29-20-7-2-4-13(11-26-14-8-9-18(24)15(10-14)22(27)28)21(20)30-12-16-17(23)5-3-6-19(16)25/h2-10,26H,11-12H2,1H3,(H,27,28). The number of rotatable bonds is 8. The van der Waals surface area contributed by atoms with E-state index >= 15 is 0 Å². The average Bonchev–Trinajstić information content (AvgIpc) is 2.72. The van der Waals surface area contributed by atoms with Crippen LogP contribution in [0, 0.1) is 5.82 Å². The van der Waals surface area contributed by atoms with Crippen molar-refractivity contribution in [1.82, 2.24) is 0 Å². The van der Waals surface area contributed by atoms with Gasteiger partial charge in [0.2, 0.25) is 0 Å². The van der Waals surface area contributed by atoms with Gasteiger partial charge in [-0.3, -0.25) is 0 Å². The first-order valence-corrected chi connectivity index (χ1v) is 9.64. The molecule has 3 aromatic carbocycles. The summed E-state index contributed by atoms with van der Waals surface area (Å²) >= 11 is 12.0. The molecule has 3 rings (SSSR count). The normalized spacial score (nSPS) is 10.5. The van der Waals surface area contributed by atoms with Gasteiger partial charge >= 0.3 is 5.97 Å². The molecule has 0 unspecified atom stereocenters. The quantitative estimate of drug-likeness (QED) is 0.439. The van der Waals surface area contributed by atoms with Gasteiger partial charge in [0.05, 0.1) is 22.7 Å². The van der Waals surface area contributed by atoms with Crippen molar-refractivity contribution in [3.8, 4) is 11.5 Å². The molecule has 0 heterocycles. The van der Waals surface area contributed by atoms with Crippen LogP contribution in [0.2, 0.25) is 10.0 Å². The Balaban J connectivity index is 1.82. The monoisotopic (exact) mass is 449 g/mol. The average molecular weight is 450 g/mol. The number of anilines is 1. The van der Waals surface area contributed by atoms with Gasteiger partial charge in [0.15, 0.2) is 11.5 Å². The molecule has 30 heavy (non-hydrogen) atoms. The number of para-hydroxylation sites is 1. The predicted octanol–water partition coefficient (Wildman–Crippen LogP) is 6.03. The van der Waals surface area contributed by atoms with Crippen LogP contribution in [-0.4, -0.2) is 18.2 Å². The van der Waals surface area contributed by atoms with Crippen LogP contribution in [0.5, 0.6) is 11.5 Å². The van der Waals surface area contributed by atoms with Gasteiger partial charge in [-0.15, -0.1) is 0 Å². The van der Waals surface area contributed by atoms with Crippen molar-refractivity contribution in [3.05, 3.63) is 87.2 Å². The first-order valence-electron chi connectivity index (χ1n) is 8.89. The maximum atomic E-state index is 14.1. The van der Waals surface area contributed by atoms with E-state index in [9.17, 15) is 14.3 Å². The molecule has 3 aromatic rings. The van der Waals surface area contributed by atoms with E-state index in [1.807, 2.05) is 6.07 Å². The van der Waals surface area contributed by atoms with Crippen LogP contribution < -0.4 is 14.8 Å². The van der Waals surface area contributed by atoms with Gasteiger partial charge in [0.1, 0.15) is 12.4 Å². The molecule has 0 amide bonds. The number of ether oxygens (including phenoxy) is 2. The second-order valence-electron chi connectivity index (χ2n) is 6.29. The van der Waals surface area contributed by atoms with Crippen LogP contribution in [0.25, 0.3) is 0 Å². The fraction of sp³-hybridized carbons (Fsp3) is 0.136. The van der Waals surface area contributed by atoms with E-state index in [4.69, 9.17) is 32.7 Å². The van der Waals surface area contributed by atoms with E-state index in [1.54, 1.807) is 24.3 Å². The van der Waals surface area contributed by atoms with Crippen LogP contribution in [-0.2, 0) is 13.2 Å². The molecule has 0 bridgehead atoms. The predicted molar refractivity (Wildman–Crippen MR) is 114 cm³/mol. The van der Waals surface area contributed by atoms with Crippen molar-refractivity contribution in [2.75, 3.05) is 12.4 Å². The Hall–Kier alpha value is -2.96. The number of aromatic carboxylic acids is 1. The summed E-state index contributed by atoms with van der Waals surface area (Å²) in [5, 5.41) is 12.8. The van der Waals surface area contributed by atoms with Crippen molar-refractivity contribution < 1.29 is 23.8 Å². The number of nitrogens with one attached hydrogen (secondary N) is 1. The second kappa shape index (κ2) is 9.69. The Morgan fingerprint density at radius 1 is 1.10 bits per heavy atom. The summed E-state index contributed by atoms with van der Waals surface area (Å²) in [5.41, 5.74) is 1.54. The van der Waals surface area contributed by atoms with Gasteiger partial charge in [-0.05, 0) is 36.4 Å². The minimum Gasteiger partial charge on any atom is -0.493 e. The van der Waals surface area contributed by atoms with E-state index in [1.165, 1.54) is 31.4 Å². The zero-order valence-electron chi connectivity index (χ0n) is 15.9. The third-order valence-electron chi connectivity index (χ3n) is 4.38. The molecule has 0 aliphatic carbocycles. The molecular weight excluding hydrogens is 432 g/mol. The lowest BCUT2D eigenvalue weighted by atomic mass is 10.1. The molecule has 2 N–H and O–H groups in total. The lowest BCUT2D eigenvalue weighted by Gasteiger charge is -2.17. The minimum atomic E-state index is -1.11. The van der Waals surface area contributed by atoms with Crippen LogP contribution >= 0.6 is 23.2 Å². The van der Waals surface area contributed by atoms with Gasteiger partial charge in [-0.1, -0.05) is 41.4 Å². The number of carbonyl (C=O) groups is 1. The number of carboxylic acid groups (broad SMARTS) is 1. The van der Waals surface area contributed by atoms with E-state index in [0.717, 1.165) is 5.56 Å².